The number of aromatic amines is 1. The summed E-state index contributed by atoms with van der Waals surface area (Å²) < 4.78 is 14.0. The van der Waals surface area contributed by atoms with E-state index >= 15 is 0 Å². The van der Waals surface area contributed by atoms with Gasteiger partial charge in [-0.05, 0) is 18.2 Å². The quantitative estimate of drug-likeness (QED) is 0.556. The number of nitrogens with zero attached hydrogens (tertiary/aromatic N) is 2. The van der Waals surface area contributed by atoms with Crippen LogP contribution < -0.4 is 5.73 Å². The Morgan fingerprint density at radius 3 is 2.95 bits per heavy atom. The first kappa shape index (κ1) is 12.8. The lowest BCUT2D eigenvalue weighted by atomic mass is 10.0. The second kappa shape index (κ2) is 4.72. The fourth-order valence-corrected chi connectivity index (χ4v) is 2.12. The predicted octanol–water partition coefficient (Wildman–Crippen LogP) is 2.39. The van der Waals surface area contributed by atoms with Crippen molar-refractivity contribution in [1.29, 1.82) is 5.26 Å². The number of nitrogens with two attached hydrogens (primary N) is 1. The van der Waals surface area contributed by atoms with Crippen LogP contribution >= 0.6 is 0 Å². The molecule has 0 aliphatic rings. The van der Waals surface area contributed by atoms with Crippen molar-refractivity contribution < 1.29 is 9.18 Å². The van der Waals surface area contributed by atoms with Gasteiger partial charge in [0.1, 0.15) is 11.7 Å². The van der Waals surface area contributed by atoms with Crippen molar-refractivity contribution in [3.05, 3.63) is 59.2 Å². The Bertz CT molecular complexity index is 908. The van der Waals surface area contributed by atoms with E-state index in [-0.39, 0.29) is 16.8 Å². The Labute approximate surface area is 118 Å². The van der Waals surface area contributed by atoms with E-state index in [0.29, 0.717) is 16.6 Å². The molecule has 0 saturated carbocycles. The van der Waals surface area contributed by atoms with Crippen molar-refractivity contribution in [2.45, 2.75) is 0 Å². The van der Waals surface area contributed by atoms with Crippen molar-refractivity contribution in [3.8, 4) is 6.07 Å². The molecule has 2 aromatic heterocycles. The number of ketones is 1. The molecule has 0 fully saturated rings. The summed E-state index contributed by atoms with van der Waals surface area (Å²) in [6.45, 7) is 0. The summed E-state index contributed by atoms with van der Waals surface area (Å²) in [4.78, 5) is 19.3. The zero-order valence-corrected chi connectivity index (χ0v) is 10.7. The summed E-state index contributed by atoms with van der Waals surface area (Å²) in [6.07, 6.45) is 2.85. The number of carbonyl (C=O) groups excluding carboxylic acids is 1. The summed E-state index contributed by atoms with van der Waals surface area (Å²) in [5, 5.41) is 9.37. The van der Waals surface area contributed by atoms with Crippen LogP contribution in [0.15, 0.2) is 36.7 Å². The zero-order chi connectivity index (χ0) is 15.0. The van der Waals surface area contributed by atoms with Gasteiger partial charge in [-0.25, -0.2) is 9.37 Å². The Balaban J connectivity index is 2.18. The topological polar surface area (TPSA) is 95.6 Å². The number of nitrogens with one attached hydrogen (secondary N) is 1. The van der Waals surface area contributed by atoms with Gasteiger partial charge in [0.05, 0.1) is 16.8 Å². The first-order valence-corrected chi connectivity index (χ1v) is 6.07. The molecular formula is C15H9FN4O. The minimum absolute atomic E-state index is 0.0865. The molecule has 0 aliphatic carbocycles. The molecule has 0 saturated heterocycles. The minimum Gasteiger partial charge on any atom is -0.396 e. The van der Waals surface area contributed by atoms with Gasteiger partial charge >= 0.3 is 0 Å². The lowest BCUT2D eigenvalue weighted by molar-refractivity contribution is 0.103. The van der Waals surface area contributed by atoms with Gasteiger partial charge in [0.25, 0.3) is 0 Å². The van der Waals surface area contributed by atoms with Gasteiger partial charge in [-0.3, -0.25) is 4.79 Å². The molecule has 0 radical (unpaired) electrons. The lowest BCUT2D eigenvalue weighted by Crippen LogP contribution is -2.06. The average molecular weight is 280 g/mol. The summed E-state index contributed by atoms with van der Waals surface area (Å²) in [5.41, 5.74) is 6.31. The SMILES string of the molecule is N#Cc1cnc2[nH]cc(C(=O)c3cccc(N)c3F)c2c1. The molecule has 5 nitrogen and oxygen atoms in total. The summed E-state index contributed by atoms with van der Waals surface area (Å²) in [7, 11) is 0. The number of hydrogen-bond donors (Lipinski definition) is 2. The lowest BCUT2D eigenvalue weighted by Gasteiger charge is -2.03. The van der Waals surface area contributed by atoms with E-state index in [9.17, 15) is 9.18 Å². The number of aromatic nitrogens is 2. The number of nitrogen functional groups attached to an aromatic ring is 1. The van der Waals surface area contributed by atoms with Crippen LogP contribution in [0.2, 0.25) is 0 Å². The first-order valence-electron chi connectivity index (χ1n) is 6.07. The highest BCUT2D eigenvalue weighted by Crippen LogP contribution is 2.23. The van der Waals surface area contributed by atoms with Crippen LogP contribution in [0.25, 0.3) is 11.0 Å². The van der Waals surface area contributed by atoms with Crippen LogP contribution in [0.4, 0.5) is 10.1 Å². The summed E-state index contributed by atoms with van der Waals surface area (Å²) >= 11 is 0. The van der Waals surface area contributed by atoms with Gasteiger partial charge < -0.3 is 10.7 Å². The van der Waals surface area contributed by atoms with E-state index in [1.54, 1.807) is 0 Å². The van der Waals surface area contributed by atoms with Crippen molar-refractivity contribution in [2.24, 2.45) is 0 Å². The number of halogens is 1. The Kier molecular flexibility index (Phi) is 2.88. The van der Waals surface area contributed by atoms with Gasteiger partial charge in [-0.15, -0.1) is 0 Å². The number of hydrogen-bond acceptors (Lipinski definition) is 4. The maximum Gasteiger partial charge on any atom is 0.198 e. The number of nitriles is 1. The Hall–Kier alpha value is -3.20. The predicted molar refractivity (Wildman–Crippen MR) is 75.1 cm³/mol. The van der Waals surface area contributed by atoms with Crippen LogP contribution in [0.5, 0.6) is 0 Å². The minimum atomic E-state index is -0.749. The van der Waals surface area contributed by atoms with Crippen molar-refractivity contribution in [3.63, 3.8) is 0 Å². The standard InChI is InChI=1S/C15H9FN4O/c16-13-9(2-1-3-12(13)18)14(21)11-7-20-15-10(11)4-8(5-17)6-19-15/h1-4,6-7H,18H2,(H,19,20). The number of pyridine rings is 1. The molecule has 0 unspecified atom stereocenters. The van der Waals surface area contributed by atoms with Gasteiger partial charge in [-0.2, -0.15) is 5.26 Å². The van der Waals surface area contributed by atoms with Crippen LogP contribution in [0.3, 0.4) is 0 Å². The fourth-order valence-electron chi connectivity index (χ4n) is 2.12. The molecule has 102 valence electrons. The molecule has 0 amide bonds. The molecule has 3 rings (SSSR count). The molecular weight excluding hydrogens is 271 g/mol. The number of anilines is 1. The number of fused-ring (bicyclic) bond motifs is 1. The third-order valence-corrected chi connectivity index (χ3v) is 3.18. The molecule has 0 aliphatic heterocycles. The van der Waals surface area contributed by atoms with E-state index < -0.39 is 11.6 Å². The van der Waals surface area contributed by atoms with Crippen LogP contribution in [-0.2, 0) is 0 Å². The van der Waals surface area contributed by atoms with Crippen molar-refractivity contribution in [1.82, 2.24) is 9.97 Å². The van der Waals surface area contributed by atoms with Crippen molar-refractivity contribution >= 4 is 22.5 Å². The van der Waals surface area contributed by atoms with Gasteiger partial charge in [0, 0.05) is 23.3 Å². The Morgan fingerprint density at radius 1 is 1.38 bits per heavy atom. The zero-order valence-electron chi connectivity index (χ0n) is 10.7. The number of benzene rings is 1. The van der Waals surface area contributed by atoms with Crippen molar-refractivity contribution in [2.75, 3.05) is 5.73 Å². The third kappa shape index (κ3) is 2.01. The number of H-pyrrole nitrogens is 1. The highest BCUT2D eigenvalue weighted by atomic mass is 19.1. The molecule has 2 heterocycles. The van der Waals surface area contributed by atoms with E-state index in [4.69, 9.17) is 11.0 Å². The van der Waals surface area contributed by atoms with E-state index in [0.717, 1.165) is 0 Å². The van der Waals surface area contributed by atoms with E-state index in [2.05, 4.69) is 9.97 Å². The molecule has 3 N–H and O–H groups in total. The maximum atomic E-state index is 14.0. The highest BCUT2D eigenvalue weighted by Gasteiger charge is 2.19. The van der Waals surface area contributed by atoms with Crippen LogP contribution in [0.1, 0.15) is 21.5 Å². The normalized spacial score (nSPS) is 10.5. The largest absolute Gasteiger partial charge is 0.396 e. The molecule has 0 spiro atoms. The van der Waals surface area contributed by atoms with E-state index in [1.165, 1.54) is 36.7 Å². The number of carbonyl (C=O) groups is 1. The average Bonchev–Trinajstić information content (AvgIpc) is 2.92. The highest BCUT2D eigenvalue weighted by molar-refractivity contribution is 6.16. The summed E-state index contributed by atoms with van der Waals surface area (Å²) in [5.74, 6) is -1.26. The van der Waals surface area contributed by atoms with Crippen LogP contribution in [-0.4, -0.2) is 15.8 Å². The molecule has 21 heavy (non-hydrogen) atoms. The molecule has 0 atom stereocenters. The molecule has 6 heteroatoms. The number of rotatable bonds is 2. The maximum absolute atomic E-state index is 14.0. The van der Waals surface area contributed by atoms with E-state index in [1.807, 2.05) is 6.07 Å². The van der Waals surface area contributed by atoms with Gasteiger partial charge in [0.15, 0.2) is 11.6 Å². The van der Waals surface area contributed by atoms with Gasteiger partial charge in [-0.1, -0.05) is 6.07 Å². The molecule has 0 bridgehead atoms. The second-order valence-electron chi connectivity index (χ2n) is 4.47. The second-order valence-corrected chi connectivity index (χ2v) is 4.47. The van der Waals surface area contributed by atoms with Gasteiger partial charge in [0.2, 0.25) is 0 Å². The monoisotopic (exact) mass is 280 g/mol. The Morgan fingerprint density at radius 2 is 2.19 bits per heavy atom. The molecule has 3 aromatic rings. The molecule has 1 aromatic carbocycles. The fraction of sp³-hybridized carbons (Fsp3) is 0. The summed E-state index contributed by atoms with van der Waals surface area (Å²) in [6, 6.07) is 7.76. The van der Waals surface area contributed by atoms with Crippen LogP contribution in [0, 0.1) is 17.1 Å². The first-order chi connectivity index (χ1) is 10.1. The smallest absolute Gasteiger partial charge is 0.198 e. The third-order valence-electron chi connectivity index (χ3n) is 3.18.